The predicted octanol–water partition coefficient (Wildman–Crippen LogP) is 6.31. The molecule has 7 rings (SSSR count). The zero-order valence-corrected chi connectivity index (χ0v) is 27.8. The molecule has 0 aliphatic heterocycles. The van der Waals surface area contributed by atoms with E-state index in [2.05, 4.69) is 26.2 Å². The van der Waals surface area contributed by atoms with Crippen LogP contribution in [0.5, 0.6) is 17.5 Å². The van der Waals surface area contributed by atoms with Crippen molar-refractivity contribution in [2.75, 3.05) is 20.7 Å². The van der Waals surface area contributed by atoms with E-state index in [0.29, 0.717) is 22.8 Å². The summed E-state index contributed by atoms with van der Waals surface area (Å²) in [5, 5.41) is 15.7. The zero-order valence-electron chi connectivity index (χ0n) is 26.9. The van der Waals surface area contributed by atoms with E-state index >= 15 is 0 Å². The normalized spacial score (nSPS) is 19.3. The number of thiophene rings is 1. The minimum Gasteiger partial charge on any atom is -0.476 e. The molecule has 0 aromatic carbocycles. The molecule has 1 atom stereocenters. The predicted molar refractivity (Wildman–Crippen MR) is 174 cm³/mol. The Morgan fingerprint density at radius 2 is 1.96 bits per heavy atom. The molecule has 0 amide bonds. The van der Waals surface area contributed by atoms with Crippen LogP contribution in [-0.2, 0) is 23.1 Å². The van der Waals surface area contributed by atoms with Crippen molar-refractivity contribution in [3.63, 3.8) is 0 Å². The summed E-state index contributed by atoms with van der Waals surface area (Å²) < 4.78 is 18.6. The summed E-state index contributed by atoms with van der Waals surface area (Å²) in [7, 11) is 3.82. The van der Waals surface area contributed by atoms with Crippen LogP contribution in [0, 0.1) is 16.7 Å². The second-order valence-electron chi connectivity index (χ2n) is 13.2. The molecule has 47 heavy (non-hydrogen) atoms. The molecule has 0 saturated heterocycles. The van der Waals surface area contributed by atoms with Gasteiger partial charge in [0.25, 0.3) is 0 Å². The molecule has 4 aromatic heterocycles. The van der Waals surface area contributed by atoms with Gasteiger partial charge in [0.05, 0.1) is 40.7 Å². The maximum absolute atomic E-state index is 11.7. The van der Waals surface area contributed by atoms with Gasteiger partial charge in [-0.15, -0.1) is 11.3 Å². The SMILES string of the molecule is CC(C)c1ncncc1Oc1cc(OCC2(C=O)CC2)nc(-c2noc3c2CCC[C@@]32CCCc3sc(N=CN(C)C)c(C#N)c32)n1. The smallest absolute Gasteiger partial charge is 0.226 e. The van der Waals surface area contributed by atoms with Gasteiger partial charge in [0, 0.05) is 24.5 Å². The van der Waals surface area contributed by atoms with Crippen molar-refractivity contribution in [3.05, 3.63) is 51.6 Å². The highest BCUT2D eigenvalue weighted by Gasteiger charge is 2.49. The summed E-state index contributed by atoms with van der Waals surface area (Å²) in [6, 6.07) is 4.09. The lowest BCUT2D eigenvalue weighted by atomic mass is 9.63. The first-order chi connectivity index (χ1) is 22.8. The van der Waals surface area contributed by atoms with Crippen molar-refractivity contribution in [2.24, 2.45) is 10.4 Å². The van der Waals surface area contributed by atoms with Crippen LogP contribution < -0.4 is 9.47 Å². The number of nitriles is 1. The first kappa shape index (κ1) is 30.9. The van der Waals surface area contributed by atoms with E-state index in [9.17, 15) is 10.1 Å². The Kier molecular flexibility index (Phi) is 8.00. The lowest BCUT2D eigenvalue weighted by Crippen LogP contribution is -2.35. The Balaban J connectivity index is 1.31. The zero-order chi connectivity index (χ0) is 32.8. The van der Waals surface area contributed by atoms with Gasteiger partial charge >= 0.3 is 0 Å². The number of hydrogen-bond donors (Lipinski definition) is 0. The van der Waals surface area contributed by atoms with Crippen molar-refractivity contribution in [1.82, 2.24) is 30.0 Å². The van der Waals surface area contributed by atoms with Gasteiger partial charge in [-0.1, -0.05) is 19.0 Å². The van der Waals surface area contributed by atoms with Gasteiger partial charge < -0.3 is 23.7 Å². The summed E-state index contributed by atoms with van der Waals surface area (Å²) in [6.07, 6.45) is 12.6. The van der Waals surface area contributed by atoms with Crippen LogP contribution in [0.15, 0.2) is 28.1 Å². The Morgan fingerprint density at radius 3 is 2.68 bits per heavy atom. The Labute approximate surface area is 276 Å². The third kappa shape index (κ3) is 5.65. The van der Waals surface area contributed by atoms with Gasteiger partial charge in [-0.25, -0.2) is 15.0 Å². The number of aldehydes is 1. The van der Waals surface area contributed by atoms with Gasteiger partial charge in [0.1, 0.15) is 30.3 Å². The maximum Gasteiger partial charge on any atom is 0.226 e. The number of carbonyl (C=O) groups is 1. The highest BCUT2D eigenvalue weighted by atomic mass is 32.1. The average molecular weight is 653 g/mol. The highest BCUT2D eigenvalue weighted by Crippen LogP contribution is 2.56. The molecule has 1 fully saturated rings. The number of fused-ring (bicyclic) bond motifs is 4. The van der Waals surface area contributed by atoms with Crippen molar-refractivity contribution in [2.45, 2.75) is 76.5 Å². The molecule has 0 radical (unpaired) electrons. The average Bonchev–Trinajstić information content (AvgIpc) is 3.55. The summed E-state index contributed by atoms with van der Waals surface area (Å²) in [5.74, 6) is 2.16. The van der Waals surface area contributed by atoms with Gasteiger partial charge in [-0.05, 0) is 62.8 Å². The number of aryl methyl sites for hydroxylation is 1. The molecule has 3 aliphatic rings. The summed E-state index contributed by atoms with van der Waals surface area (Å²) in [4.78, 5) is 37.5. The molecule has 4 heterocycles. The van der Waals surface area contributed by atoms with E-state index in [0.717, 1.165) is 85.2 Å². The molecule has 0 unspecified atom stereocenters. The molecule has 3 aliphatic carbocycles. The number of hydrogen-bond acceptors (Lipinski definition) is 12. The minimum absolute atomic E-state index is 0.0935. The lowest BCUT2D eigenvalue weighted by molar-refractivity contribution is -0.113. The number of aromatic nitrogens is 5. The number of ether oxygens (including phenoxy) is 2. The number of rotatable bonds is 10. The quantitative estimate of drug-likeness (QED) is 0.108. The van der Waals surface area contributed by atoms with Crippen molar-refractivity contribution >= 4 is 29.0 Å². The van der Waals surface area contributed by atoms with Gasteiger partial charge in [-0.2, -0.15) is 15.2 Å². The largest absolute Gasteiger partial charge is 0.476 e. The van der Waals surface area contributed by atoms with Gasteiger partial charge in [0.15, 0.2) is 23.0 Å². The number of nitrogens with zero attached hydrogens (tertiary/aromatic N) is 8. The van der Waals surface area contributed by atoms with Gasteiger partial charge in [0.2, 0.25) is 11.8 Å². The Hall–Kier alpha value is -4.70. The monoisotopic (exact) mass is 652 g/mol. The molecule has 12 nitrogen and oxygen atoms in total. The molecular weight excluding hydrogens is 616 g/mol. The Bertz CT molecular complexity index is 1900. The molecular formula is C34H36N8O4S. The van der Waals surface area contributed by atoms with Crippen LogP contribution >= 0.6 is 11.3 Å². The number of carbonyl (C=O) groups excluding carboxylic acids is 1. The third-order valence-corrected chi connectivity index (χ3v) is 10.4. The fourth-order valence-electron chi connectivity index (χ4n) is 6.70. The highest BCUT2D eigenvalue weighted by molar-refractivity contribution is 7.16. The first-order valence-corrected chi connectivity index (χ1v) is 16.8. The Morgan fingerprint density at radius 1 is 1.17 bits per heavy atom. The fraction of sp³-hybridized carbons (Fsp3) is 0.471. The van der Waals surface area contributed by atoms with E-state index in [-0.39, 0.29) is 24.3 Å². The first-order valence-electron chi connectivity index (χ1n) is 16.0. The summed E-state index contributed by atoms with van der Waals surface area (Å²) in [5.41, 5.74) is 2.88. The summed E-state index contributed by atoms with van der Waals surface area (Å²) in [6.45, 7) is 4.27. The second kappa shape index (κ2) is 12.2. The lowest BCUT2D eigenvalue weighted by Gasteiger charge is -2.39. The fourth-order valence-corrected chi connectivity index (χ4v) is 7.93. The molecule has 0 N–H and O–H groups in total. The van der Waals surface area contributed by atoms with E-state index in [4.69, 9.17) is 24.0 Å². The molecule has 242 valence electrons. The number of aliphatic imine (C=N–C) groups is 1. The summed E-state index contributed by atoms with van der Waals surface area (Å²) >= 11 is 1.59. The van der Waals surface area contributed by atoms with Gasteiger partial charge in [-0.3, -0.25) is 0 Å². The van der Waals surface area contributed by atoms with E-state index in [1.807, 2.05) is 32.8 Å². The minimum atomic E-state index is -0.483. The van der Waals surface area contributed by atoms with Crippen LogP contribution in [-0.4, -0.2) is 63.3 Å². The van der Waals surface area contributed by atoms with E-state index in [1.54, 1.807) is 29.9 Å². The van der Waals surface area contributed by atoms with Crippen LogP contribution in [0.25, 0.3) is 11.5 Å². The van der Waals surface area contributed by atoms with Crippen molar-refractivity contribution in [1.29, 1.82) is 5.26 Å². The molecule has 1 saturated carbocycles. The molecule has 0 bridgehead atoms. The topological polar surface area (TPSA) is 153 Å². The van der Waals surface area contributed by atoms with Crippen molar-refractivity contribution in [3.8, 4) is 35.1 Å². The molecule has 4 aromatic rings. The maximum atomic E-state index is 11.7. The molecule has 13 heteroatoms. The molecule has 1 spiro atoms. The van der Waals surface area contributed by atoms with Crippen LogP contribution in [0.4, 0.5) is 5.00 Å². The van der Waals surface area contributed by atoms with E-state index < -0.39 is 10.8 Å². The van der Waals surface area contributed by atoms with E-state index in [1.165, 1.54) is 11.2 Å². The van der Waals surface area contributed by atoms with Crippen LogP contribution in [0.3, 0.4) is 0 Å². The second-order valence-corrected chi connectivity index (χ2v) is 14.3. The van der Waals surface area contributed by atoms with Crippen molar-refractivity contribution < 1.29 is 18.8 Å². The third-order valence-electron chi connectivity index (χ3n) is 9.23. The van der Waals surface area contributed by atoms with Crippen LogP contribution in [0.1, 0.15) is 91.3 Å². The van der Waals surface area contributed by atoms with Crippen LogP contribution in [0.2, 0.25) is 0 Å². The standard InChI is InChI=1S/C34H36N8O4S/c1-20(2)28-23(15-36-18-37-28)45-26-13-25(44-17-33(16-43)11-12-33)39-31(40-26)29-21-7-5-9-34(30(21)46-41-29)10-6-8-24-27(34)22(14-35)32(47-24)38-19-42(3)4/h13,15-16,18-20H,5-12,17H2,1-4H3/t34-/m0/s1.